The van der Waals surface area contributed by atoms with Gasteiger partial charge in [-0.25, -0.2) is 13.2 Å². The molecule has 0 spiro atoms. The minimum atomic E-state index is -3.85. The highest BCUT2D eigenvalue weighted by Gasteiger charge is 2.20. The number of aromatic nitrogens is 2. The summed E-state index contributed by atoms with van der Waals surface area (Å²) in [5.41, 5.74) is 2.53. The minimum absolute atomic E-state index is 0.0222. The van der Waals surface area contributed by atoms with Gasteiger partial charge in [-0.2, -0.15) is 0 Å². The first kappa shape index (κ1) is 19.0. The molecule has 1 saturated heterocycles. The summed E-state index contributed by atoms with van der Waals surface area (Å²) in [6.07, 6.45) is 1.61. The van der Waals surface area contributed by atoms with Crippen molar-refractivity contribution in [2.24, 2.45) is 0 Å². The van der Waals surface area contributed by atoms with Gasteiger partial charge in [0.1, 0.15) is 0 Å². The summed E-state index contributed by atoms with van der Waals surface area (Å²) >= 11 is 0. The number of aromatic amines is 2. The van der Waals surface area contributed by atoms with Crippen molar-refractivity contribution in [3.63, 3.8) is 0 Å². The number of rotatable bonds is 4. The van der Waals surface area contributed by atoms with Crippen LogP contribution < -0.4 is 10.4 Å². The number of carbonyl (C=O) groups is 1. The van der Waals surface area contributed by atoms with Gasteiger partial charge in [0.15, 0.2) is 0 Å². The number of amides is 1. The lowest BCUT2D eigenvalue weighted by atomic mass is 10.0. The topological polar surface area (TPSA) is 115 Å². The quantitative estimate of drug-likeness (QED) is 0.571. The van der Waals surface area contributed by atoms with Crippen LogP contribution in [0.5, 0.6) is 0 Å². The van der Waals surface area contributed by atoms with Gasteiger partial charge in [-0.3, -0.25) is 9.52 Å². The second kappa shape index (κ2) is 7.25. The highest BCUT2D eigenvalue weighted by Crippen LogP contribution is 2.21. The summed E-state index contributed by atoms with van der Waals surface area (Å²) in [6.45, 7) is 5.24. The zero-order chi connectivity index (χ0) is 20.6. The molecule has 2 heterocycles. The molecule has 150 valence electrons. The van der Waals surface area contributed by atoms with Crippen LogP contribution in [-0.2, 0) is 10.0 Å². The molecule has 0 unspecified atom stereocenters. The molecule has 3 N–H and O–H groups in total. The first-order valence-corrected chi connectivity index (χ1v) is 10.6. The number of benzene rings is 2. The predicted octanol–water partition coefficient (Wildman–Crippen LogP) is 2.45. The number of fused-ring (bicyclic) bond motifs is 1. The van der Waals surface area contributed by atoms with Crippen LogP contribution >= 0.6 is 0 Å². The van der Waals surface area contributed by atoms with Gasteiger partial charge in [0.25, 0.3) is 15.9 Å². The third kappa shape index (κ3) is 3.95. The molecule has 8 nitrogen and oxygen atoms in total. The second-order valence-electron chi connectivity index (χ2n) is 7.01. The van der Waals surface area contributed by atoms with Crippen LogP contribution in [0.3, 0.4) is 0 Å². The summed E-state index contributed by atoms with van der Waals surface area (Å²) in [5, 5.41) is 0. The third-order valence-corrected chi connectivity index (χ3v) is 6.32. The Morgan fingerprint density at radius 3 is 2.34 bits per heavy atom. The van der Waals surface area contributed by atoms with Gasteiger partial charge in [0.05, 0.1) is 15.9 Å². The lowest BCUT2D eigenvalue weighted by Crippen LogP contribution is -2.36. The van der Waals surface area contributed by atoms with E-state index in [1.54, 1.807) is 29.2 Å². The van der Waals surface area contributed by atoms with Crippen LogP contribution in [0.4, 0.5) is 5.69 Å². The van der Waals surface area contributed by atoms with Gasteiger partial charge in [0, 0.05) is 24.3 Å². The molecule has 3 aromatic rings. The summed E-state index contributed by atoms with van der Waals surface area (Å²) < 4.78 is 27.8. The van der Waals surface area contributed by atoms with Crippen molar-refractivity contribution in [3.8, 4) is 0 Å². The van der Waals surface area contributed by atoms with E-state index in [1.807, 2.05) is 0 Å². The van der Waals surface area contributed by atoms with E-state index < -0.39 is 15.7 Å². The first-order valence-electron chi connectivity index (χ1n) is 9.13. The molecule has 4 rings (SSSR count). The first-order chi connectivity index (χ1) is 13.8. The molecule has 1 aromatic heterocycles. The van der Waals surface area contributed by atoms with Crippen LogP contribution in [0.2, 0.25) is 0 Å². The molecule has 0 aliphatic carbocycles. The number of nitrogens with one attached hydrogen (secondary N) is 3. The van der Waals surface area contributed by atoms with Gasteiger partial charge in [-0.05, 0) is 55.3 Å². The van der Waals surface area contributed by atoms with Gasteiger partial charge >= 0.3 is 5.69 Å². The maximum atomic E-state index is 12.7. The second-order valence-corrected chi connectivity index (χ2v) is 8.69. The molecule has 1 aliphatic heterocycles. The summed E-state index contributed by atoms with van der Waals surface area (Å²) in [6, 6.07) is 10.7. The largest absolute Gasteiger partial charge is 0.338 e. The minimum Gasteiger partial charge on any atom is -0.338 e. The molecule has 0 bridgehead atoms. The molecule has 1 fully saturated rings. The molecule has 9 heteroatoms. The fraction of sp³-hybridized carbons (Fsp3) is 0.200. The number of piperidine rings is 1. The van der Waals surface area contributed by atoms with Gasteiger partial charge < -0.3 is 14.9 Å². The Labute approximate surface area is 167 Å². The molecular weight excluding hydrogens is 392 g/mol. The standard InChI is InChI=1S/C20H20N4O4S/c1-13-8-10-24(11-9-13)19(25)14-2-4-15(5-3-14)23-29(27,28)16-6-7-17-18(12-16)22-20(26)21-17/h2-7,12,23H,1,8-11H2,(H2,21,22,26). The molecular formula is C20H20N4O4S. The lowest BCUT2D eigenvalue weighted by molar-refractivity contribution is 0.0744. The Kier molecular flexibility index (Phi) is 4.75. The fourth-order valence-electron chi connectivity index (χ4n) is 3.28. The van der Waals surface area contributed by atoms with Crippen molar-refractivity contribution < 1.29 is 13.2 Å². The van der Waals surface area contributed by atoms with E-state index in [2.05, 4.69) is 21.3 Å². The SMILES string of the molecule is C=C1CCN(C(=O)c2ccc(NS(=O)(=O)c3ccc4[nH]c(=O)[nH]c4c3)cc2)CC1. The number of H-pyrrole nitrogens is 2. The number of nitrogens with zero attached hydrogens (tertiary/aromatic N) is 1. The van der Waals surface area contributed by atoms with Gasteiger partial charge in [-0.15, -0.1) is 0 Å². The van der Waals surface area contributed by atoms with E-state index in [0.717, 1.165) is 18.4 Å². The maximum Gasteiger partial charge on any atom is 0.323 e. The molecule has 0 saturated carbocycles. The Hall–Kier alpha value is -3.33. The van der Waals surface area contributed by atoms with E-state index in [1.165, 1.54) is 18.2 Å². The average molecular weight is 412 g/mol. The zero-order valence-electron chi connectivity index (χ0n) is 15.6. The molecule has 0 radical (unpaired) electrons. The van der Waals surface area contributed by atoms with E-state index in [4.69, 9.17) is 0 Å². The normalized spacial score (nSPS) is 14.9. The summed E-state index contributed by atoms with van der Waals surface area (Å²) in [7, 11) is -3.85. The van der Waals surface area contributed by atoms with Crippen molar-refractivity contribution >= 4 is 32.7 Å². The Bertz CT molecular complexity index is 1250. The van der Waals surface area contributed by atoms with Crippen LogP contribution in [0.25, 0.3) is 11.0 Å². The Morgan fingerprint density at radius 2 is 1.66 bits per heavy atom. The number of imidazole rings is 1. The maximum absolute atomic E-state index is 12.7. The average Bonchev–Trinajstić information content (AvgIpc) is 3.07. The van der Waals surface area contributed by atoms with Crippen molar-refractivity contribution in [2.45, 2.75) is 17.7 Å². The molecule has 0 atom stereocenters. The number of sulfonamides is 1. The van der Waals surface area contributed by atoms with Crippen LogP contribution in [0.1, 0.15) is 23.2 Å². The van der Waals surface area contributed by atoms with Crippen molar-refractivity contribution in [3.05, 3.63) is 70.7 Å². The van der Waals surface area contributed by atoms with E-state index in [9.17, 15) is 18.0 Å². The molecule has 2 aromatic carbocycles. The van der Waals surface area contributed by atoms with Gasteiger partial charge in [-0.1, -0.05) is 12.2 Å². The number of hydrogen-bond donors (Lipinski definition) is 3. The highest BCUT2D eigenvalue weighted by atomic mass is 32.2. The van der Waals surface area contributed by atoms with Crippen molar-refractivity contribution in [1.82, 2.24) is 14.9 Å². The van der Waals surface area contributed by atoms with Crippen LogP contribution in [0.15, 0.2) is 64.3 Å². The van der Waals surface area contributed by atoms with Crippen LogP contribution in [0, 0.1) is 0 Å². The van der Waals surface area contributed by atoms with Crippen molar-refractivity contribution in [1.29, 1.82) is 0 Å². The lowest BCUT2D eigenvalue weighted by Gasteiger charge is -2.28. The van der Waals surface area contributed by atoms with Crippen molar-refractivity contribution in [2.75, 3.05) is 17.8 Å². The van der Waals surface area contributed by atoms with E-state index >= 15 is 0 Å². The van der Waals surface area contributed by atoms with Crippen LogP contribution in [-0.4, -0.2) is 42.3 Å². The van der Waals surface area contributed by atoms with E-state index in [-0.39, 0.29) is 10.8 Å². The number of likely N-dealkylation sites (tertiary alicyclic amines) is 1. The number of anilines is 1. The Morgan fingerprint density at radius 1 is 1.00 bits per heavy atom. The predicted molar refractivity (Wildman–Crippen MR) is 110 cm³/mol. The summed E-state index contributed by atoms with van der Waals surface area (Å²) in [5.74, 6) is -0.0752. The molecule has 29 heavy (non-hydrogen) atoms. The Balaban J connectivity index is 1.50. The smallest absolute Gasteiger partial charge is 0.323 e. The number of carbonyl (C=O) groups excluding carboxylic acids is 1. The molecule has 1 amide bonds. The highest BCUT2D eigenvalue weighted by molar-refractivity contribution is 7.92. The fourth-order valence-corrected chi connectivity index (χ4v) is 4.37. The molecule has 1 aliphatic rings. The van der Waals surface area contributed by atoms with Gasteiger partial charge in [0.2, 0.25) is 0 Å². The monoisotopic (exact) mass is 412 g/mol. The third-order valence-electron chi connectivity index (χ3n) is 4.94. The number of hydrogen-bond acceptors (Lipinski definition) is 4. The zero-order valence-corrected chi connectivity index (χ0v) is 16.4. The van der Waals surface area contributed by atoms with E-state index in [0.29, 0.717) is 35.4 Å². The summed E-state index contributed by atoms with van der Waals surface area (Å²) in [4.78, 5) is 30.8.